The highest BCUT2D eigenvalue weighted by Gasteiger charge is 2.33. The third kappa shape index (κ3) is 5.39. The van der Waals surface area contributed by atoms with E-state index in [2.05, 4.69) is 5.32 Å². The zero-order valence-corrected chi connectivity index (χ0v) is 15.2. The molecule has 0 spiro atoms. The molecule has 0 aliphatic heterocycles. The van der Waals surface area contributed by atoms with E-state index in [9.17, 15) is 18.0 Å². The summed E-state index contributed by atoms with van der Waals surface area (Å²) in [5.41, 5.74) is 1.23. The van der Waals surface area contributed by atoms with Crippen LogP contribution < -0.4 is 10.1 Å². The lowest BCUT2D eigenvalue weighted by Gasteiger charge is -2.12. The molecule has 0 saturated carbocycles. The van der Waals surface area contributed by atoms with E-state index in [1.807, 2.05) is 32.0 Å². The van der Waals surface area contributed by atoms with E-state index in [4.69, 9.17) is 16.3 Å². The van der Waals surface area contributed by atoms with Crippen molar-refractivity contribution in [2.24, 2.45) is 0 Å². The molecule has 0 radical (unpaired) electrons. The van der Waals surface area contributed by atoms with Gasteiger partial charge in [0.25, 0.3) is 0 Å². The molecule has 7 heteroatoms. The summed E-state index contributed by atoms with van der Waals surface area (Å²) in [5.74, 6) is 0.378. The minimum absolute atomic E-state index is 0.0576. The van der Waals surface area contributed by atoms with Gasteiger partial charge in [0.05, 0.1) is 17.2 Å². The third-order valence-corrected chi connectivity index (χ3v) is 4.25. The molecule has 0 fully saturated rings. The lowest BCUT2D eigenvalue weighted by molar-refractivity contribution is -0.137. The number of carbonyl (C=O) groups excluding carboxylic acids is 1. The van der Waals surface area contributed by atoms with Gasteiger partial charge in [-0.05, 0) is 55.7 Å². The van der Waals surface area contributed by atoms with Gasteiger partial charge >= 0.3 is 6.18 Å². The number of anilines is 1. The Morgan fingerprint density at radius 2 is 1.92 bits per heavy atom. The normalized spacial score (nSPS) is 11.3. The van der Waals surface area contributed by atoms with Gasteiger partial charge in [0.15, 0.2) is 0 Å². The Morgan fingerprint density at radius 3 is 2.62 bits per heavy atom. The zero-order chi connectivity index (χ0) is 19.3. The van der Waals surface area contributed by atoms with Crippen molar-refractivity contribution in [2.75, 3.05) is 11.9 Å². The first-order valence-electron chi connectivity index (χ1n) is 8.04. The lowest BCUT2D eigenvalue weighted by atomic mass is 10.1. The maximum Gasteiger partial charge on any atom is 0.417 e. The molecule has 0 atom stereocenters. The van der Waals surface area contributed by atoms with E-state index in [1.165, 1.54) is 6.07 Å². The van der Waals surface area contributed by atoms with Crippen LogP contribution in [0.2, 0.25) is 5.02 Å². The van der Waals surface area contributed by atoms with E-state index >= 15 is 0 Å². The highest BCUT2D eigenvalue weighted by molar-refractivity contribution is 6.31. The van der Waals surface area contributed by atoms with Gasteiger partial charge in [-0.25, -0.2) is 0 Å². The van der Waals surface area contributed by atoms with Gasteiger partial charge in [-0.15, -0.1) is 0 Å². The Hall–Kier alpha value is -2.21. The van der Waals surface area contributed by atoms with Crippen molar-refractivity contribution in [3.8, 4) is 5.75 Å². The van der Waals surface area contributed by atoms with Crippen LogP contribution in [0.3, 0.4) is 0 Å². The molecule has 26 heavy (non-hydrogen) atoms. The summed E-state index contributed by atoms with van der Waals surface area (Å²) in [7, 11) is 0. The van der Waals surface area contributed by atoms with Gasteiger partial charge in [-0.2, -0.15) is 13.2 Å². The van der Waals surface area contributed by atoms with Gasteiger partial charge in [-0.3, -0.25) is 4.79 Å². The van der Waals surface area contributed by atoms with Crippen LogP contribution >= 0.6 is 11.6 Å². The van der Waals surface area contributed by atoms with Crippen molar-refractivity contribution in [1.29, 1.82) is 0 Å². The molecule has 0 aliphatic carbocycles. The summed E-state index contributed by atoms with van der Waals surface area (Å²) < 4.78 is 44.1. The van der Waals surface area contributed by atoms with Crippen LogP contribution in [0.1, 0.15) is 29.5 Å². The standard InChI is InChI=1S/C19H19ClF3NO2/c1-12-5-3-6-17(13(12)2)26-10-4-7-18(25)24-14-8-9-16(20)15(11-14)19(21,22)23/h3,5-6,8-9,11H,4,7,10H2,1-2H3,(H,24,25). The predicted octanol–water partition coefficient (Wildman–Crippen LogP) is 5.77. The van der Waals surface area contributed by atoms with Crippen molar-refractivity contribution >= 4 is 23.2 Å². The molecular formula is C19H19ClF3NO2. The first-order valence-corrected chi connectivity index (χ1v) is 8.42. The number of nitrogens with one attached hydrogen (secondary N) is 1. The van der Waals surface area contributed by atoms with Gasteiger partial charge < -0.3 is 10.1 Å². The Kier molecular flexibility index (Phi) is 6.53. The molecule has 140 valence electrons. The number of halogens is 4. The molecule has 1 amide bonds. The van der Waals surface area contributed by atoms with E-state index in [1.54, 1.807) is 0 Å². The van der Waals surface area contributed by atoms with Crippen molar-refractivity contribution < 1.29 is 22.7 Å². The minimum Gasteiger partial charge on any atom is -0.493 e. The lowest BCUT2D eigenvalue weighted by Crippen LogP contribution is -2.14. The summed E-state index contributed by atoms with van der Waals surface area (Å²) in [6.45, 7) is 4.28. The van der Waals surface area contributed by atoms with Crippen molar-refractivity contribution in [2.45, 2.75) is 32.9 Å². The largest absolute Gasteiger partial charge is 0.493 e. The SMILES string of the molecule is Cc1cccc(OCCCC(=O)Nc2ccc(Cl)c(C(F)(F)F)c2)c1C. The van der Waals surface area contributed by atoms with Crippen molar-refractivity contribution in [1.82, 2.24) is 0 Å². The summed E-state index contributed by atoms with van der Waals surface area (Å²) in [6.07, 6.45) is -3.99. The van der Waals surface area contributed by atoms with Crippen LogP contribution in [0.25, 0.3) is 0 Å². The Bertz CT molecular complexity index is 791. The molecule has 0 saturated heterocycles. The maximum atomic E-state index is 12.8. The predicted molar refractivity (Wildman–Crippen MR) is 95.7 cm³/mol. The minimum atomic E-state index is -4.57. The van der Waals surface area contributed by atoms with E-state index in [0.717, 1.165) is 29.0 Å². The molecule has 0 aromatic heterocycles. The van der Waals surface area contributed by atoms with Crippen LogP contribution in [-0.2, 0) is 11.0 Å². The highest BCUT2D eigenvalue weighted by atomic mass is 35.5. The summed E-state index contributed by atoms with van der Waals surface area (Å²) in [4.78, 5) is 11.9. The van der Waals surface area contributed by atoms with Crippen molar-refractivity contribution in [3.63, 3.8) is 0 Å². The van der Waals surface area contributed by atoms with Crippen LogP contribution in [0.15, 0.2) is 36.4 Å². The number of aryl methyl sites for hydroxylation is 1. The summed E-state index contributed by atoms with van der Waals surface area (Å²) >= 11 is 5.55. The maximum absolute atomic E-state index is 12.8. The van der Waals surface area contributed by atoms with Crippen molar-refractivity contribution in [3.05, 3.63) is 58.1 Å². The average molecular weight is 386 g/mol. The number of carbonyl (C=O) groups is 1. The molecule has 3 nitrogen and oxygen atoms in total. The number of hydrogen-bond donors (Lipinski definition) is 1. The van der Waals surface area contributed by atoms with Crippen LogP contribution in [0.4, 0.5) is 18.9 Å². The Morgan fingerprint density at radius 1 is 1.19 bits per heavy atom. The molecule has 2 rings (SSSR count). The number of benzene rings is 2. The Balaban J connectivity index is 1.85. The second kappa shape index (κ2) is 8.45. The first-order chi connectivity index (χ1) is 12.2. The number of amides is 1. The number of rotatable bonds is 6. The van der Waals surface area contributed by atoms with Crippen LogP contribution in [0.5, 0.6) is 5.75 Å². The third-order valence-electron chi connectivity index (χ3n) is 3.92. The molecule has 0 unspecified atom stereocenters. The Labute approximate surface area is 155 Å². The van der Waals surface area contributed by atoms with E-state index in [-0.39, 0.29) is 18.0 Å². The fourth-order valence-electron chi connectivity index (χ4n) is 2.34. The van der Waals surface area contributed by atoms with Crippen LogP contribution in [-0.4, -0.2) is 12.5 Å². The molecule has 1 N–H and O–H groups in total. The smallest absolute Gasteiger partial charge is 0.417 e. The molecule has 2 aromatic carbocycles. The van der Waals surface area contributed by atoms with E-state index in [0.29, 0.717) is 13.0 Å². The second-order valence-electron chi connectivity index (χ2n) is 5.89. The molecular weight excluding hydrogens is 367 g/mol. The van der Waals surface area contributed by atoms with Gasteiger partial charge in [-0.1, -0.05) is 23.7 Å². The van der Waals surface area contributed by atoms with Crippen LogP contribution in [0, 0.1) is 13.8 Å². The summed E-state index contributed by atoms with van der Waals surface area (Å²) in [5, 5.41) is 2.04. The quantitative estimate of drug-likeness (QED) is 0.641. The number of ether oxygens (including phenoxy) is 1. The number of alkyl halides is 3. The topological polar surface area (TPSA) is 38.3 Å². The molecule has 0 aliphatic rings. The first kappa shape index (κ1) is 20.1. The number of hydrogen-bond acceptors (Lipinski definition) is 2. The van der Waals surface area contributed by atoms with E-state index < -0.39 is 16.8 Å². The fourth-order valence-corrected chi connectivity index (χ4v) is 2.56. The average Bonchev–Trinajstić information content (AvgIpc) is 2.56. The molecule has 0 heterocycles. The monoisotopic (exact) mass is 385 g/mol. The zero-order valence-electron chi connectivity index (χ0n) is 14.4. The van der Waals surface area contributed by atoms with Gasteiger partial charge in [0.1, 0.15) is 5.75 Å². The highest BCUT2D eigenvalue weighted by Crippen LogP contribution is 2.36. The van der Waals surface area contributed by atoms with Gasteiger partial charge in [0, 0.05) is 12.1 Å². The van der Waals surface area contributed by atoms with Gasteiger partial charge in [0.2, 0.25) is 5.91 Å². The molecule has 2 aromatic rings. The summed E-state index contributed by atoms with van der Waals surface area (Å²) in [6, 6.07) is 9.01. The fraction of sp³-hybridized carbons (Fsp3) is 0.316. The second-order valence-corrected chi connectivity index (χ2v) is 6.30. The molecule has 0 bridgehead atoms.